The van der Waals surface area contributed by atoms with Crippen LogP contribution in [0.1, 0.15) is 5.56 Å². The second kappa shape index (κ2) is 6.89. The van der Waals surface area contributed by atoms with Gasteiger partial charge in [-0.2, -0.15) is 14.0 Å². The van der Waals surface area contributed by atoms with Crippen molar-refractivity contribution in [3.05, 3.63) is 48.0 Å². The first-order chi connectivity index (χ1) is 12.7. The number of nitrogens with zero attached hydrogens (tertiary/aromatic N) is 2. The van der Waals surface area contributed by atoms with Crippen molar-refractivity contribution in [1.29, 1.82) is 5.26 Å². The average Bonchev–Trinajstić information content (AvgIpc) is 2.85. The number of ether oxygens (including phenoxy) is 1. The molecule has 1 heterocycles. The van der Waals surface area contributed by atoms with E-state index < -0.39 is 16.6 Å². The van der Waals surface area contributed by atoms with E-state index in [9.17, 15) is 22.5 Å². The summed E-state index contributed by atoms with van der Waals surface area (Å²) in [4.78, 5) is 0. The van der Waals surface area contributed by atoms with Crippen LogP contribution in [-0.4, -0.2) is 25.9 Å². The van der Waals surface area contributed by atoms with E-state index in [0.717, 1.165) is 6.26 Å². The highest BCUT2D eigenvalue weighted by molar-refractivity contribution is 7.92. The molecular weight excluding hydrogens is 376 g/mol. The molecule has 0 amide bonds. The lowest BCUT2D eigenvalue weighted by Gasteiger charge is -2.08. The molecule has 9 heteroatoms. The molecule has 0 spiro atoms. The first kappa shape index (κ1) is 18.7. The zero-order valence-electron chi connectivity index (χ0n) is 14.4. The Kier molecular flexibility index (Phi) is 4.76. The zero-order chi connectivity index (χ0) is 19.8. The van der Waals surface area contributed by atoms with Crippen LogP contribution in [-0.2, 0) is 17.1 Å². The van der Waals surface area contributed by atoms with Crippen molar-refractivity contribution in [2.24, 2.45) is 7.05 Å². The minimum absolute atomic E-state index is 0.00170. The number of hydrogen-bond donors (Lipinski definition) is 1. The number of rotatable bonds is 5. The Morgan fingerprint density at radius 3 is 2.41 bits per heavy atom. The van der Waals surface area contributed by atoms with Crippen molar-refractivity contribution >= 4 is 26.6 Å². The van der Waals surface area contributed by atoms with E-state index in [4.69, 9.17) is 0 Å². The van der Waals surface area contributed by atoms with Crippen LogP contribution >= 0.6 is 0 Å². The molecule has 1 aromatic heterocycles. The number of anilines is 1. The topological polar surface area (TPSA) is 84.1 Å². The molecule has 27 heavy (non-hydrogen) atoms. The Labute approximate surface area is 154 Å². The highest BCUT2D eigenvalue weighted by Gasteiger charge is 2.18. The SMILES string of the molecule is Cn1c(-c2ccc(NS(C)(=O)=O)cc2)c(C#N)c2ccc(OC(F)F)cc21. The zero-order valence-corrected chi connectivity index (χ0v) is 15.2. The number of fused-ring (bicyclic) bond motifs is 1. The van der Waals surface area contributed by atoms with E-state index in [0.29, 0.717) is 33.4 Å². The Morgan fingerprint density at radius 2 is 1.85 bits per heavy atom. The van der Waals surface area contributed by atoms with Gasteiger partial charge in [-0.1, -0.05) is 12.1 Å². The normalized spacial score (nSPS) is 11.6. The van der Waals surface area contributed by atoms with Gasteiger partial charge in [0.1, 0.15) is 11.8 Å². The highest BCUT2D eigenvalue weighted by atomic mass is 32.2. The molecule has 0 fully saturated rings. The summed E-state index contributed by atoms with van der Waals surface area (Å²) in [7, 11) is -1.68. The first-order valence-electron chi connectivity index (χ1n) is 7.75. The number of aromatic nitrogens is 1. The Morgan fingerprint density at radius 1 is 1.19 bits per heavy atom. The number of benzene rings is 2. The number of alkyl halides is 2. The summed E-state index contributed by atoms with van der Waals surface area (Å²) in [5.41, 5.74) is 2.62. The highest BCUT2D eigenvalue weighted by Crippen LogP contribution is 2.35. The van der Waals surface area contributed by atoms with E-state index in [-0.39, 0.29) is 5.75 Å². The molecule has 2 aromatic carbocycles. The summed E-state index contributed by atoms with van der Waals surface area (Å²) in [6.45, 7) is -2.94. The molecule has 0 saturated heterocycles. The molecule has 0 aliphatic rings. The van der Waals surface area contributed by atoms with Gasteiger partial charge in [-0.15, -0.1) is 0 Å². The van der Waals surface area contributed by atoms with Gasteiger partial charge in [-0.3, -0.25) is 4.72 Å². The lowest BCUT2D eigenvalue weighted by Crippen LogP contribution is -2.09. The van der Waals surface area contributed by atoms with Gasteiger partial charge < -0.3 is 9.30 Å². The van der Waals surface area contributed by atoms with Crippen LogP contribution in [0.25, 0.3) is 22.2 Å². The molecule has 0 aliphatic carbocycles. The van der Waals surface area contributed by atoms with Crippen molar-refractivity contribution in [2.45, 2.75) is 6.61 Å². The fraction of sp³-hybridized carbons (Fsp3) is 0.167. The monoisotopic (exact) mass is 391 g/mol. The molecule has 0 unspecified atom stereocenters. The van der Waals surface area contributed by atoms with Crippen LogP contribution in [0, 0.1) is 11.3 Å². The van der Waals surface area contributed by atoms with Gasteiger partial charge in [0.05, 0.1) is 23.0 Å². The van der Waals surface area contributed by atoms with Crippen molar-refractivity contribution in [3.63, 3.8) is 0 Å². The summed E-state index contributed by atoms with van der Waals surface area (Å²) in [6, 6.07) is 13.1. The van der Waals surface area contributed by atoms with Crippen molar-refractivity contribution in [1.82, 2.24) is 4.57 Å². The number of halogens is 2. The van der Waals surface area contributed by atoms with Crippen LogP contribution in [0.4, 0.5) is 14.5 Å². The van der Waals surface area contributed by atoms with Crippen LogP contribution in [0.15, 0.2) is 42.5 Å². The largest absolute Gasteiger partial charge is 0.435 e. The lowest BCUT2D eigenvalue weighted by molar-refractivity contribution is -0.0497. The second-order valence-electron chi connectivity index (χ2n) is 5.90. The fourth-order valence-electron chi connectivity index (χ4n) is 2.95. The summed E-state index contributed by atoms with van der Waals surface area (Å²) < 4.78 is 56.1. The molecule has 3 rings (SSSR count). The van der Waals surface area contributed by atoms with Crippen molar-refractivity contribution in [3.8, 4) is 23.1 Å². The maximum absolute atomic E-state index is 12.5. The lowest BCUT2D eigenvalue weighted by atomic mass is 10.1. The third-order valence-corrected chi connectivity index (χ3v) is 4.58. The maximum Gasteiger partial charge on any atom is 0.387 e. The van der Waals surface area contributed by atoms with Crippen LogP contribution in [0.3, 0.4) is 0 Å². The number of aryl methyl sites for hydroxylation is 1. The average molecular weight is 391 g/mol. The number of hydrogen-bond acceptors (Lipinski definition) is 4. The van der Waals surface area contributed by atoms with Gasteiger partial charge in [-0.05, 0) is 29.8 Å². The van der Waals surface area contributed by atoms with Gasteiger partial charge in [0.2, 0.25) is 10.0 Å². The third-order valence-electron chi connectivity index (χ3n) is 3.97. The minimum atomic E-state index is -3.39. The third kappa shape index (κ3) is 3.85. The van der Waals surface area contributed by atoms with Crippen LogP contribution in [0.5, 0.6) is 5.75 Å². The molecule has 0 bridgehead atoms. The summed E-state index contributed by atoms with van der Waals surface area (Å²) in [5, 5.41) is 10.2. The molecule has 140 valence electrons. The van der Waals surface area contributed by atoms with Crippen molar-refractivity contribution < 1.29 is 21.9 Å². The van der Waals surface area contributed by atoms with E-state index >= 15 is 0 Å². The van der Waals surface area contributed by atoms with Gasteiger partial charge in [-0.25, -0.2) is 8.42 Å². The van der Waals surface area contributed by atoms with Gasteiger partial charge in [0.15, 0.2) is 0 Å². The van der Waals surface area contributed by atoms with E-state index in [2.05, 4.69) is 15.5 Å². The van der Waals surface area contributed by atoms with Crippen molar-refractivity contribution in [2.75, 3.05) is 11.0 Å². The van der Waals surface area contributed by atoms with Gasteiger partial charge in [0.25, 0.3) is 0 Å². The van der Waals surface area contributed by atoms with Gasteiger partial charge >= 0.3 is 6.61 Å². The molecule has 6 nitrogen and oxygen atoms in total. The summed E-state index contributed by atoms with van der Waals surface area (Å²) >= 11 is 0. The van der Waals surface area contributed by atoms with E-state index in [1.165, 1.54) is 12.1 Å². The fourth-order valence-corrected chi connectivity index (χ4v) is 3.52. The Bertz CT molecular complexity index is 1150. The molecule has 0 aliphatic heterocycles. The number of nitrogens with one attached hydrogen (secondary N) is 1. The minimum Gasteiger partial charge on any atom is -0.435 e. The predicted octanol–water partition coefficient (Wildman–Crippen LogP) is 3.69. The maximum atomic E-state index is 12.5. The second-order valence-corrected chi connectivity index (χ2v) is 7.65. The summed E-state index contributed by atoms with van der Waals surface area (Å²) in [5.74, 6) is 0.00170. The number of nitriles is 1. The van der Waals surface area contributed by atoms with Gasteiger partial charge in [0, 0.05) is 24.2 Å². The number of sulfonamides is 1. The molecular formula is C18H15F2N3O3S. The Balaban J connectivity index is 2.11. The molecule has 0 saturated carbocycles. The summed E-state index contributed by atoms with van der Waals surface area (Å²) in [6.07, 6.45) is 1.05. The van der Waals surface area contributed by atoms with Crippen LogP contribution < -0.4 is 9.46 Å². The van der Waals surface area contributed by atoms with E-state index in [1.807, 2.05) is 0 Å². The molecule has 1 N–H and O–H groups in total. The molecule has 0 radical (unpaired) electrons. The first-order valence-corrected chi connectivity index (χ1v) is 9.64. The van der Waals surface area contributed by atoms with E-state index in [1.54, 1.807) is 41.9 Å². The van der Waals surface area contributed by atoms with Crippen LogP contribution in [0.2, 0.25) is 0 Å². The standard InChI is InChI=1S/C18H15F2N3O3S/c1-23-16-9-13(26-18(19)20)7-8-14(16)15(10-21)17(23)11-3-5-12(6-4-11)22-27(2,24)25/h3-9,18,22H,1-2H3. The molecule has 0 atom stereocenters. The molecule has 3 aromatic rings. The smallest absolute Gasteiger partial charge is 0.387 e. The Hall–Kier alpha value is -3.12. The predicted molar refractivity (Wildman–Crippen MR) is 98.2 cm³/mol. The quantitative estimate of drug-likeness (QED) is 0.719.